The first kappa shape index (κ1) is 17.4. The van der Waals surface area contributed by atoms with Crippen molar-refractivity contribution in [1.29, 1.82) is 5.26 Å². The van der Waals surface area contributed by atoms with Gasteiger partial charge in [-0.2, -0.15) is 5.26 Å². The summed E-state index contributed by atoms with van der Waals surface area (Å²) in [6.45, 7) is 3.15. The van der Waals surface area contributed by atoms with Gasteiger partial charge in [0, 0.05) is 24.0 Å². The number of aromatic nitrogens is 1. The highest BCUT2D eigenvalue weighted by Gasteiger charge is 2.26. The van der Waals surface area contributed by atoms with E-state index in [1.54, 1.807) is 42.9 Å². The van der Waals surface area contributed by atoms with Gasteiger partial charge in [0.25, 0.3) is 5.91 Å². The number of benzene rings is 1. The van der Waals surface area contributed by atoms with Crippen molar-refractivity contribution in [1.82, 2.24) is 9.88 Å². The number of nitrogens with one attached hydrogen (secondary N) is 1. The Bertz CT molecular complexity index is 1000. The van der Waals surface area contributed by atoms with Gasteiger partial charge in [0.2, 0.25) is 5.88 Å². The first-order valence-corrected chi connectivity index (χ1v) is 7.85. The fourth-order valence-electron chi connectivity index (χ4n) is 2.76. The van der Waals surface area contributed by atoms with E-state index in [4.69, 9.17) is 4.42 Å². The van der Waals surface area contributed by atoms with Gasteiger partial charge in [-0.1, -0.05) is 6.07 Å². The van der Waals surface area contributed by atoms with E-state index in [1.165, 1.54) is 6.07 Å². The van der Waals surface area contributed by atoms with Crippen LogP contribution in [0.5, 0.6) is 0 Å². The highest BCUT2D eigenvalue weighted by molar-refractivity contribution is 5.98. The molecule has 26 heavy (non-hydrogen) atoms. The monoisotopic (exact) mass is 355 g/mol. The van der Waals surface area contributed by atoms with E-state index >= 15 is 0 Å². The van der Waals surface area contributed by atoms with Gasteiger partial charge in [0.1, 0.15) is 34.6 Å². The molecule has 0 fully saturated rings. The van der Waals surface area contributed by atoms with Gasteiger partial charge in [-0.05, 0) is 32.0 Å². The summed E-state index contributed by atoms with van der Waals surface area (Å²) >= 11 is 0. The van der Waals surface area contributed by atoms with Gasteiger partial charge in [0.05, 0.1) is 6.04 Å². The molecule has 1 aromatic carbocycles. The number of hydrogen-bond acceptors (Lipinski definition) is 3. The van der Waals surface area contributed by atoms with Crippen LogP contribution in [0.3, 0.4) is 0 Å². The van der Waals surface area contributed by atoms with Crippen molar-refractivity contribution in [3.63, 3.8) is 0 Å². The van der Waals surface area contributed by atoms with Crippen LogP contribution in [0.1, 0.15) is 40.2 Å². The summed E-state index contributed by atoms with van der Waals surface area (Å²) < 4.78 is 34.1. The predicted octanol–water partition coefficient (Wildman–Crippen LogP) is 4.02. The molecule has 1 unspecified atom stereocenters. The molecule has 5 nitrogen and oxygen atoms in total. The highest BCUT2D eigenvalue weighted by atomic mass is 19.1. The minimum Gasteiger partial charge on any atom is -0.443 e. The summed E-state index contributed by atoms with van der Waals surface area (Å²) in [4.78, 5) is 12.7. The Kier molecular flexibility index (Phi) is 4.59. The molecular weight excluding hydrogens is 340 g/mol. The summed E-state index contributed by atoms with van der Waals surface area (Å²) in [5.74, 6) is -1.51. The van der Waals surface area contributed by atoms with Gasteiger partial charge in [0.15, 0.2) is 0 Å². The van der Waals surface area contributed by atoms with Crippen molar-refractivity contribution in [3.8, 4) is 12.0 Å². The lowest BCUT2D eigenvalue weighted by Crippen LogP contribution is -2.28. The van der Waals surface area contributed by atoms with Crippen molar-refractivity contribution in [3.05, 3.63) is 76.8 Å². The topological polar surface area (TPSA) is 71.0 Å². The normalized spacial score (nSPS) is 11.8. The van der Waals surface area contributed by atoms with Crippen LogP contribution in [-0.4, -0.2) is 10.5 Å². The number of carbonyl (C=O) groups excluding carboxylic acids is 1. The summed E-state index contributed by atoms with van der Waals surface area (Å²) in [6, 6.07) is 7.94. The fourth-order valence-corrected chi connectivity index (χ4v) is 2.76. The zero-order chi connectivity index (χ0) is 18.8. The summed E-state index contributed by atoms with van der Waals surface area (Å²) in [5, 5.41) is 12.1. The Morgan fingerprint density at radius 1 is 1.31 bits per heavy atom. The zero-order valence-corrected chi connectivity index (χ0v) is 14.1. The van der Waals surface area contributed by atoms with Crippen molar-refractivity contribution in [2.75, 3.05) is 0 Å². The van der Waals surface area contributed by atoms with Crippen LogP contribution in [0.15, 0.2) is 47.1 Å². The molecule has 2 heterocycles. The Balaban J connectivity index is 1.92. The van der Waals surface area contributed by atoms with Crippen molar-refractivity contribution >= 4 is 5.91 Å². The average molecular weight is 355 g/mol. The van der Waals surface area contributed by atoms with Crippen LogP contribution >= 0.6 is 0 Å². The molecule has 132 valence electrons. The molecule has 0 saturated heterocycles. The van der Waals surface area contributed by atoms with Crippen LogP contribution in [0.2, 0.25) is 0 Å². The second-order valence-electron chi connectivity index (χ2n) is 5.78. The smallest absolute Gasteiger partial charge is 0.256 e. The van der Waals surface area contributed by atoms with Gasteiger partial charge in [-0.15, -0.1) is 0 Å². The number of hydrogen-bond donors (Lipinski definition) is 1. The Labute approximate surface area is 148 Å². The van der Waals surface area contributed by atoms with Crippen LogP contribution < -0.4 is 5.32 Å². The molecular formula is C19H15F2N3O2. The van der Waals surface area contributed by atoms with Crippen molar-refractivity contribution < 1.29 is 18.0 Å². The SMILES string of the molecule is Cc1oc(-n2cccc2)c(C#N)c1C(=O)NC(C)c1ccc(F)cc1F. The molecule has 0 saturated carbocycles. The first-order valence-electron chi connectivity index (χ1n) is 7.85. The van der Waals surface area contributed by atoms with E-state index in [-0.39, 0.29) is 28.3 Å². The summed E-state index contributed by atoms with van der Waals surface area (Å²) in [5.41, 5.74) is 0.318. The maximum Gasteiger partial charge on any atom is 0.256 e. The molecule has 2 aromatic heterocycles. The number of carbonyl (C=O) groups is 1. The largest absolute Gasteiger partial charge is 0.443 e. The molecule has 0 aliphatic rings. The summed E-state index contributed by atoms with van der Waals surface area (Å²) in [7, 11) is 0. The summed E-state index contributed by atoms with van der Waals surface area (Å²) in [6.07, 6.45) is 3.38. The number of nitriles is 1. The molecule has 3 aromatic rings. The Morgan fingerprint density at radius 3 is 2.62 bits per heavy atom. The maximum atomic E-state index is 13.9. The average Bonchev–Trinajstić information content (AvgIpc) is 3.21. The first-order chi connectivity index (χ1) is 12.4. The number of furan rings is 1. The van der Waals surface area contributed by atoms with Crippen molar-refractivity contribution in [2.45, 2.75) is 19.9 Å². The second kappa shape index (κ2) is 6.84. The zero-order valence-electron chi connectivity index (χ0n) is 14.1. The van der Waals surface area contributed by atoms with E-state index in [0.29, 0.717) is 0 Å². The minimum absolute atomic E-state index is 0.0861. The lowest BCUT2D eigenvalue weighted by molar-refractivity contribution is 0.0937. The fraction of sp³-hybridized carbons (Fsp3) is 0.158. The molecule has 0 bridgehead atoms. The third-order valence-electron chi connectivity index (χ3n) is 4.02. The molecule has 3 rings (SSSR count). The van der Waals surface area contributed by atoms with Crippen LogP contribution in [0.25, 0.3) is 5.88 Å². The molecule has 1 atom stereocenters. The second-order valence-corrected chi connectivity index (χ2v) is 5.78. The Morgan fingerprint density at radius 2 is 2.00 bits per heavy atom. The standard InChI is InChI=1S/C19H15F2N3O2/c1-11(14-6-5-13(20)9-16(14)21)23-18(25)17-12(2)26-19(15(17)10-22)24-7-3-4-8-24/h3-9,11H,1-2H3,(H,23,25). The number of amides is 1. The lowest BCUT2D eigenvalue weighted by atomic mass is 10.1. The predicted molar refractivity (Wildman–Crippen MR) is 89.7 cm³/mol. The van der Waals surface area contributed by atoms with Crippen molar-refractivity contribution in [2.24, 2.45) is 0 Å². The van der Waals surface area contributed by atoms with Crippen LogP contribution in [-0.2, 0) is 0 Å². The van der Waals surface area contributed by atoms with E-state index in [1.807, 2.05) is 6.07 Å². The number of halogens is 2. The van der Waals surface area contributed by atoms with E-state index in [9.17, 15) is 18.8 Å². The third kappa shape index (κ3) is 3.09. The minimum atomic E-state index is -0.754. The lowest BCUT2D eigenvalue weighted by Gasteiger charge is -2.15. The van der Waals surface area contributed by atoms with E-state index in [0.717, 1.165) is 12.1 Å². The van der Waals surface area contributed by atoms with Crippen LogP contribution in [0, 0.1) is 29.9 Å². The van der Waals surface area contributed by atoms with Gasteiger partial charge in [-0.3, -0.25) is 9.36 Å². The quantitative estimate of drug-likeness (QED) is 0.768. The Hall–Kier alpha value is -3.40. The maximum absolute atomic E-state index is 13.9. The van der Waals surface area contributed by atoms with Gasteiger partial charge in [-0.25, -0.2) is 8.78 Å². The molecule has 0 aliphatic carbocycles. The highest BCUT2D eigenvalue weighted by Crippen LogP contribution is 2.26. The third-order valence-corrected chi connectivity index (χ3v) is 4.02. The number of aryl methyl sites for hydroxylation is 1. The molecule has 0 spiro atoms. The number of nitrogens with zero attached hydrogens (tertiary/aromatic N) is 2. The van der Waals surface area contributed by atoms with E-state index in [2.05, 4.69) is 5.32 Å². The molecule has 1 amide bonds. The van der Waals surface area contributed by atoms with Gasteiger partial charge >= 0.3 is 0 Å². The van der Waals surface area contributed by atoms with Gasteiger partial charge < -0.3 is 9.73 Å². The van der Waals surface area contributed by atoms with E-state index < -0.39 is 23.6 Å². The molecule has 7 heteroatoms. The molecule has 0 radical (unpaired) electrons. The van der Waals surface area contributed by atoms with Crippen LogP contribution in [0.4, 0.5) is 8.78 Å². The molecule has 0 aliphatic heterocycles. The molecule has 1 N–H and O–H groups in total. The number of rotatable bonds is 4.